The Kier molecular flexibility index (Phi) is 5.61. The summed E-state index contributed by atoms with van der Waals surface area (Å²) in [4.78, 5) is 19.2. The first-order valence-electron chi connectivity index (χ1n) is 8.35. The zero-order valence-corrected chi connectivity index (χ0v) is 14.0. The maximum atomic E-state index is 12.5. The van der Waals surface area contributed by atoms with Gasteiger partial charge in [0.15, 0.2) is 0 Å². The first kappa shape index (κ1) is 16.7. The molecule has 1 fully saturated rings. The average molecular weight is 328 g/mol. The average Bonchev–Trinajstić information content (AvgIpc) is 3.05. The van der Waals surface area contributed by atoms with Crippen LogP contribution in [0.3, 0.4) is 0 Å². The van der Waals surface area contributed by atoms with E-state index in [1.807, 2.05) is 48.1 Å². The Hall–Kier alpha value is -2.18. The van der Waals surface area contributed by atoms with E-state index in [1.54, 1.807) is 6.20 Å². The minimum absolute atomic E-state index is 0.0401. The molecule has 1 amide bonds. The number of imidazole rings is 1. The van der Waals surface area contributed by atoms with Crippen molar-refractivity contribution in [3.63, 3.8) is 0 Å². The summed E-state index contributed by atoms with van der Waals surface area (Å²) in [6, 6.07) is 9.72. The molecule has 1 aliphatic heterocycles. The highest BCUT2D eigenvalue weighted by atomic mass is 16.5. The van der Waals surface area contributed by atoms with Gasteiger partial charge in [-0.15, -0.1) is 0 Å². The summed E-state index contributed by atoms with van der Waals surface area (Å²) in [6.07, 6.45) is 4.13. The van der Waals surface area contributed by atoms with Gasteiger partial charge in [-0.3, -0.25) is 9.69 Å². The van der Waals surface area contributed by atoms with Crippen LogP contribution in [0.4, 0.5) is 0 Å². The van der Waals surface area contributed by atoms with Crippen LogP contribution in [0.5, 0.6) is 0 Å². The van der Waals surface area contributed by atoms with Crippen LogP contribution >= 0.6 is 0 Å². The SMILES string of the molecule is Cn1ccnc1[C@@H](NC(=O)CCN1CCOCC1)c1ccccc1. The van der Waals surface area contributed by atoms with Crippen molar-refractivity contribution in [1.29, 1.82) is 0 Å². The lowest BCUT2D eigenvalue weighted by atomic mass is 10.1. The third-order valence-electron chi connectivity index (χ3n) is 4.31. The highest BCUT2D eigenvalue weighted by Crippen LogP contribution is 2.20. The fraction of sp³-hybridized carbons (Fsp3) is 0.444. The Morgan fingerprint density at radius 2 is 2.04 bits per heavy atom. The molecule has 6 heteroatoms. The first-order valence-corrected chi connectivity index (χ1v) is 8.35. The van der Waals surface area contributed by atoms with Gasteiger partial charge in [-0.1, -0.05) is 30.3 Å². The molecule has 0 saturated carbocycles. The summed E-state index contributed by atoms with van der Waals surface area (Å²) in [5.41, 5.74) is 1.03. The molecule has 128 valence electrons. The number of nitrogens with one attached hydrogen (secondary N) is 1. The van der Waals surface area contributed by atoms with Crippen molar-refractivity contribution in [3.8, 4) is 0 Å². The molecule has 0 aliphatic carbocycles. The molecular weight excluding hydrogens is 304 g/mol. The maximum absolute atomic E-state index is 12.5. The van der Waals surface area contributed by atoms with Crippen LogP contribution in [0.25, 0.3) is 0 Å². The maximum Gasteiger partial charge on any atom is 0.222 e. The second kappa shape index (κ2) is 8.08. The van der Waals surface area contributed by atoms with E-state index in [4.69, 9.17) is 4.74 Å². The molecule has 1 N–H and O–H groups in total. The summed E-state index contributed by atoms with van der Waals surface area (Å²) in [5, 5.41) is 3.14. The first-order chi connectivity index (χ1) is 11.7. The fourth-order valence-corrected chi connectivity index (χ4v) is 2.92. The number of nitrogens with zero attached hydrogens (tertiary/aromatic N) is 3. The molecule has 1 saturated heterocycles. The normalized spacial score (nSPS) is 16.7. The van der Waals surface area contributed by atoms with Gasteiger partial charge in [0.2, 0.25) is 5.91 Å². The van der Waals surface area contributed by atoms with Crippen molar-refractivity contribution in [2.24, 2.45) is 7.05 Å². The zero-order chi connectivity index (χ0) is 16.8. The minimum Gasteiger partial charge on any atom is -0.379 e. The number of ether oxygens (including phenoxy) is 1. The molecule has 1 aliphatic rings. The van der Waals surface area contributed by atoms with Gasteiger partial charge in [0.25, 0.3) is 0 Å². The van der Waals surface area contributed by atoms with E-state index in [2.05, 4.69) is 15.2 Å². The number of hydrogen-bond acceptors (Lipinski definition) is 4. The van der Waals surface area contributed by atoms with Gasteiger partial charge in [-0.05, 0) is 5.56 Å². The lowest BCUT2D eigenvalue weighted by Gasteiger charge is -2.26. The van der Waals surface area contributed by atoms with Crippen LogP contribution in [0.15, 0.2) is 42.7 Å². The summed E-state index contributed by atoms with van der Waals surface area (Å²) in [6.45, 7) is 4.06. The number of carbonyl (C=O) groups is 1. The van der Waals surface area contributed by atoms with Gasteiger partial charge in [-0.25, -0.2) is 4.98 Å². The predicted octanol–water partition coefficient (Wildman–Crippen LogP) is 1.35. The van der Waals surface area contributed by atoms with Crippen LogP contribution in [0.1, 0.15) is 23.9 Å². The Bertz CT molecular complexity index is 650. The van der Waals surface area contributed by atoms with Crippen molar-refractivity contribution in [3.05, 3.63) is 54.1 Å². The number of carbonyl (C=O) groups excluding carboxylic acids is 1. The number of amides is 1. The molecule has 2 heterocycles. The molecule has 1 aromatic heterocycles. The minimum atomic E-state index is -0.233. The second-order valence-corrected chi connectivity index (χ2v) is 6.01. The van der Waals surface area contributed by atoms with Gasteiger partial charge in [0, 0.05) is 45.5 Å². The molecule has 1 aromatic carbocycles. The summed E-state index contributed by atoms with van der Waals surface area (Å²) in [7, 11) is 1.94. The summed E-state index contributed by atoms with van der Waals surface area (Å²) >= 11 is 0. The Labute approximate surface area is 142 Å². The molecule has 1 atom stereocenters. The van der Waals surface area contributed by atoms with Gasteiger partial charge in [0.1, 0.15) is 11.9 Å². The van der Waals surface area contributed by atoms with E-state index in [0.29, 0.717) is 6.42 Å². The van der Waals surface area contributed by atoms with E-state index in [1.165, 1.54) is 0 Å². The van der Waals surface area contributed by atoms with Crippen molar-refractivity contribution < 1.29 is 9.53 Å². The molecule has 24 heavy (non-hydrogen) atoms. The Morgan fingerprint density at radius 1 is 1.29 bits per heavy atom. The number of benzene rings is 1. The largest absolute Gasteiger partial charge is 0.379 e. The standard InChI is InChI=1S/C18H24N4O2/c1-21-10-8-19-18(21)17(15-5-3-2-4-6-15)20-16(23)7-9-22-11-13-24-14-12-22/h2-6,8,10,17H,7,9,11-14H2,1H3,(H,20,23)/t17-/m0/s1. The smallest absolute Gasteiger partial charge is 0.222 e. The third-order valence-corrected chi connectivity index (χ3v) is 4.31. The number of hydrogen-bond donors (Lipinski definition) is 1. The molecule has 0 bridgehead atoms. The quantitative estimate of drug-likeness (QED) is 0.869. The van der Waals surface area contributed by atoms with Crippen LogP contribution in [-0.4, -0.2) is 53.2 Å². The van der Waals surface area contributed by atoms with E-state index in [9.17, 15) is 4.79 Å². The third kappa shape index (κ3) is 4.21. The van der Waals surface area contributed by atoms with E-state index < -0.39 is 0 Å². The second-order valence-electron chi connectivity index (χ2n) is 6.01. The van der Waals surface area contributed by atoms with Gasteiger partial charge < -0.3 is 14.6 Å². The lowest BCUT2D eigenvalue weighted by Crippen LogP contribution is -2.39. The van der Waals surface area contributed by atoms with Crippen molar-refractivity contribution in [1.82, 2.24) is 19.8 Å². The monoisotopic (exact) mass is 328 g/mol. The topological polar surface area (TPSA) is 59.4 Å². The van der Waals surface area contributed by atoms with Gasteiger partial charge >= 0.3 is 0 Å². The number of rotatable bonds is 6. The van der Waals surface area contributed by atoms with Crippen LogP contribution in [-0.2, 0) is 16.6 Å². The fourth-order valence-electron chi connectivity index (χ4n) is 2.92. The van der Waals surface area contributed by atoms with Crippen LogP contribution < -0.4 is 5.32 Å². The summed E-state index contributed by atoms with van der Waals surface area (Å²) < 4.78 is 7.28. The predicted molar refractivity (Wildman–Crippen MR) is 91.5 cm³/mol. The van der Waals surface area contributed by atoms with Crippen molar-refractivity contribution in [2.75, 3.05) is 32.8 Å². The highest BCUT2D eigenvalue weighted by molar-refractivity contribution is 5.77. The van der Waals surface area contributed by atoms with E-state index in [-0.39, 0.29) is 11.9 Å². The molecule has 0 spiro atoms. The lowest BCUT2D eigenvalue weighted by molar-refractivity contribution is -0.122. The van der Waals surface area contributed by atoms with Gasteiger partial charge in [0.05, 0.1) is 13.2 Å². The number of morpholine rings is 1. The van der Waals surface area contributed by atoms with Crippen molar-refractivity contribution >= 4 is 5.91 Å². The summed E-state index contributed by atoms with van der Waals surface area (Å²) in [5.74, 6) is 0.874. The molecule has 0 radical (unpaired) electrons. The van der Waals surface area contributed by atoms with Gasteiger partial charge in [-0.2, -0.15) is 0 Å². The number of aryl methyl sites for hydroxylation is 1. The Balaban J connectivity index is 1.65. The molecule has 0 unspecified atom stereocenters. The number of aromatic nitrogens is 2. The molecule has 6 nitrogen and oxygen atoms in total. The molecular formula is C18H24N4O2. The molecule has 2 aromatic rings. The van der Waals surface area contributed by atoms with E-state index in [0.717, 1.165) is 44.2 Å². The zero-order valence-electron chi connectivity index (χ0n) is 14.0. The van der Waals surface area contributed by atoms with Crippen LogP contribution in [0.2, 0.25) is 0 Å². The highest BCUT2D eigenvalue weighted by Gasteiger charge is 2.21. The van der Waals surface area contributed by atoms with Crippen LogP contribution in [0, 0.1) is 0 Å². The Morgan fingerprint density at radius 3 is 2.71 bits per heavy atom. The van der Waals surface area contributed by atoms with Crippen molar-refractivity contribution in [2.45, 2.75) is 12.5 Å². The van der Waals surface area contributed by atoms with E-state index >= 15 is 0 Å². The molecule has 3 rings (SSSR count).